The van der Waals surface area contributed by atoms with Crippen molar-refractivity contribution in [3.05, 3.63) is 64.1 Å². The highest BCUT2D eigenvalue weighted by Crippen LogP contribution is 2.21. The van der Waals surface area contributed by atoms with Crippen molar-refractivity contribution in [2.24, 2.45) is 5.10 Å². The van der Waals surface area contributed by atoms with Crippen molar-refractivity contribution in [1.82, 2.24) is 0 Å². The molecule has 0 aliphatic rings. The van der Waals surface area contributed by atoms with E-state index in [1.807, 2.05) is 36.4 Å². The van der Waals surface area contributed by atoms with Gasteiger partial charge in [-0.1, -0.05) is 47.5 Å². The van der Waals surface area contributed by atoms with E-state index in [1.54, 1.807) is 18.3 Å². The molecule has 0 aliphatic carbocycles. The lowest BCUT2D eigenvalue weighted by Gasteiger charge is -1.99. The molecule has 2 aromatic rings. The smallest absolute Gasteiger partial charge is 0.0598 e. The minimum absolute atomic E-state index is 0.523. The summed E-state index contributed by atoms with van der Waals surface area (Å²) in [5.74, 6) is 0. The highest BCUT2D eigenvalue weighted by atomic mass is 35.5. The molecular formula is C13H10Cl2N2. The van der Waals surface area contributed by atoms with E-state index in [1.165, 1.54) is 0 Å². The van der Waals surface area contributed by atoms with Gasteiger partial charge in [0.05, 0.1) is 21.9 Å². The molecule has 17 heavy (non-hydrogen) atoms. The Kier molecular flexibility index (Phi) is 4.02. The van der Waals surface area contributed by atoms with Crippen LogP contribution in [0.15, 0.2) is 53.6 Å². The molecule has 86 valence electrons. The molecule has 0 saturated heterocycles. The van der Waals surface area contributed by atoms with Gasteiger partial charge in [-0.2, -0.15) is 5.10 Å². The summed E-state index contributed by atoms with van der Waals surface area (Å²) in [5, 5.41) is 5.17. The summed E-state index contributed by atoms with van der Waals surface area (Å²) >= 11 is 11.7. The van der Waals surface area contributed by atoms with Gasteiger partial charge in [0.25, 0.3) is 0 Å². The Labute approximate surface area is 110 Å². The quantitative estimate of drug-likeness (QED) is 0.644. The number of anilines is 1. The molecule has 0 unspecified atom stereocenters. The molecule has 0 fully saturated rings. The van der Waals surface area contributed by atoms with Gasteiger partial charge in [0.15, 0.2) is 0 Å². The molecule has 0 amide bonds. The molecule has 4 heteroatoms. The summed E-state index contributed by atoms with van der Waals surface area (Å²) in [7, 11) is 0. The summed E-state index contributed by atoms with van der Waals surface area (Å²) in [5.41, 5.74) is 4.75. The standard InChI is InChI=1S/C13H10Cl2N2/c14-12-7-6-10(8-13(12)15)9-16-17-11-4-2-1-3-5-11/h1-9,17H/b16-9+. The first kappa shape index (κ1) is 12.0. The van der Waals surface area contributed by atoms with Crippen molar-refractivity contribution in [2.45, 2.75) is 0 Å². The normalized spacial score (nSPS) is 10.7. The monoisotopic (exact) mass is 264 g/mol. The van der Waals surface area contributed by atoms with Crippen LogP contribution in [0.5, 0.6) is 0 Å². The largest absolute Gasteiger partial charge is 0.279 e. The molecule has 0 radical (unpaired) electrons. The third-order valence-corrected chi connectivity index (χ3v) is 2.86. The second-order valence-corrected chi connectivity index (χ2v) is 4.22. The highest BCUT2D eigenvalue weighted by Gasteiger charge is 1.96. The van der Waals surface area contributed by atoms with Crippen molar-refractivity contribution in [2.75, 3.05) is 5.43 Å². The predicted octanol–water partition coefficient (Wildman–Crippen LogP) is 4.44. The molecular weight excluding hydrogens is 255 g/mol. The van der Waals surface area contributed by atoms with Gasteiger partial charge in [-0.3, -0.25) is 5.43 Å². The number of hydrogen-bond donors (Lipinski definition) is 1. The molecule has 0 saturated carbocycles. The van der Waals surface area contributed by atoms with Crippen LogP contribution in [0.4, 0.5) is 5.69 Å². The number of nitrogens with one attached hydrogen (secondary N) is 1. The van der Waals surface area contributed by atoms with Crippen LogP contribution in [0.3, 0.4) is 0 Å². The summed E-state index contributed by atoms with van der Waals surface area (Å²) in [6, 6.07) is 15.1. The Balaban J connectivity index is 2.03. The van der Waals surface area contributed by atoms with Gasteiger partial charge >= 0.3 is 0 Å². The van der Waals surface area contributed by atoms with Crippen LogP contribution in [-0.2, 0) is 0 Å². The third kappa shape index (κ3) is 3.48. The molecule has 1 N–H and O–H groups in total. The van der Waals surface area contributed by atoms with Gasteiger partial charge < -0.3 is 0 Å². The van der Waals surface area contributed by atoms with Crippen molar-refractivity contribution < 1.29 is 0 Å². The zero-order chi connectivity index (χ0) is 12.1. The van der Waals surface area contributed by atoms with E-state index < -0.39 is 0 Å². The molecule has 0 bridgehead atoms. The van der Waals surface area contributed by atoms with Crippen molar-refractivity contribution in [3.63, 3.8) is 0 Å². The molecule has 0 atom stereocenters. The number of nitrogens with zero attached hydrogens (tertiary/aromatic N) is 1. The Morgan fingerprint density at radius 2 is 1.71 bits per heavy atom. The fourth-order valence-corrected chi connectivity index (χ4v) is 1.59. The lowest BCUT2D eigenvalue weighted by molar-refractivity contribution is 1.35. The zero-order valence-electron chi connectivity index (χ0n) is 8.90. The molecule has 2 rings (SSSR count). The topological polar surface area (TPSA) is 24.4 Å². The first-order valence-electron chi connectivity index (χ1n) is 5.05. The van der Waals surface area contributed by atoms with Gasteiger partial charge in [0.1, 0.15) is 0 Å². The lowest BCUT2D eigenvalue weighted by Crippen LogP contribution is -1.90. The van der Waals surface area contributed by atoms with Crippen LogP contribution in [-0.4, -0.2) is 6.21 Å². The maximum atomic E-state index is 5.90. The van der Waals surface area contributed by atoms with E-state index >= 15 is 0 Å². The van der Waals surface area contributed by atoms with Crippen LogP contribution in [0.25, 0.3) is 0 Å². The first-order chi connectivity index (χ1) is 8.25. The number of hydrazone groups is 1. The Hall–Kier alpha value is -1.51. The minimum atomic E-state index is 0.523. The number of para-hydroxylation sites is 1. The molecule has 2 nitrogen and oxygen atoms in total. The predicted molar refractivity (Wildman–Crippen MR) is 74.1 cm³/mol. The van der Waals surface area contributed by atoms with Crippen molar-refractivity contribution in [3.8, 4) is 0 Å². The van der Waals surface area contributed by atoms with Crippen LogP contribution >= 0.6 is 23.2 Å². The highest BCUT2D eigenvalue weighted by molar-refractivity contribution is 6.42. The molecule has 0 aromatic heterocycles. The molecule has 0 aliphatic heterocycles. The minimum Gasteiger partial charge on any atom is -0.279 e. The van der Waals surface area contributed by atoms with E-state index in [-0.39, 0.29) is 0 Å². The van der Waals surface area contributed by atoms with E-state index in [2.05, 4.69) is 10.5 Å². The van der Waals surface area contributed by atoms with Crippen LogP contribution in [0, 0.1) is 0 Å². The summed E-state index contributed by atoms with van der Waals surface area (Å²) < 4.78 is 0. The van der Waals surface area contributed by atoms with E-state index in [4.69, 9.17) is 23.2 Å². The maximum absolute atomic E-state index is 5.90. The van der Waals surface area contributed by atoms with Gasteiger partial charge in [0, 0.05) is 0 Å². The van der Waals surface area contributed by atoms with E-state index in [0.29, 0.717) is 10.0 Å². The summed E-state index contributed by atoms with van der Waals surface area (Å²) in [6.45, 7) is 0. The van der Waals surface area contributed by atoms with Gasteiger partial charge in [-0.25, -0.2) is 0 Å². The second-order valence-electron chi connectivity index (χ2n) is 3.41. The van der Waals surface area contributed by atoms with Crippen molar-refractivity contribution in [1.29, 1.82) is 0 Å². The van der Waals surface area contributed by atoms with Crippen LogP contribution < -0.4 is 5.43 Å². The summed E-state index contributed by atoms with van der Waals surface area (Å²) in [6.07, 6.45) is 1.69. The lowest BCUT2D eigenvalue weighted by atomic mass is 10.2. The fraction of sp³-hybridized carbons (Fsp3) is 0. The second kappa shape index (κ2) is 5.71. The van der Waals surface area contributed by atoms with E-state index in [9.17, 15) is 0 Å². The molecule has 2 aromatic carbocycles. The number of hydrogen-bond acceptors (Lipinski definition) is 2. The summed E-state index contributed by atoms with van der Waals surface area (Å²) in [4.78, 5) is 0. The Morgan fingerprint density at radius 1 is 0.941 bits per heavy atom. The number of benzene rings is 2. The zero-order valence-corrected chi connectivity index (χ0v) is 10.4. The van der Waals surface area contributed by atoms with Gasteiger partial charge in [-0.15, -0.1) is 0 Å². The van der Waals surface area contributed by atoms with E-state index in [0.717, 1.165) is 11.3 Å². The average molecular weight is 265 g/mol. The maximum Gasteiger partial charge on any atom is 0.0598 e. The third-order valence-electron chi connectivity index (χ3n) is 2.12. The molecule has 0 heterocycles. The first-order valence-corrected chi connectivity index (χ1v) is 5.80. The number of rotatable bonds is 3. The fourth-order valence-electron chi connectivity index (χ4n) is 1.29. The average Bonchev–Trinajstić information content (AvgIpc) is 2.35. The Morgan fingerprint density at radius 3 is 2.41 bits per heavy atom. The van der Waals surface area contributed by atoms with Gasteiger partial charge in [-0.05, 0) is 29.8 Å². The molecule has 0 spiro atoms. The van der Waals surface area contributed by atoms with Crippen molar-refractivity contribution >= 4 is 35.1 Å². The van der Waals surface area contributed by atoms with Crippen LogP contribution in [0.1, 0.15) is 5.56 Å². The Bertz CT molecular complexity index is 524. The SMILES string of the molecule is Clc1ccc(/C=N/Nc2ccccc2)cc1Cl. The van der Waals surface area contributed by atoms with Crippen LogP contribution in [0.2, 0.25) is 10.0 Å². The van der Waals surface area contributed by atoms with Gasteiger partial charge in [0.2, 0.25) is 0 Å². The number of halogens is 2.